The van der Waals surface area contributed by atoms with Crippen molar-refractivity contribution >= 4 is 21.4 Å². The molecule has 2 rings (SSSR count). The average molecular weight is 368 g/mol. The minimum Gasteiger partial charge on any atom is -0.506 e. The molecule has 0 unspecified atom stereocenters. The highest BCUT2D eigenvalue weighted by Crippen LogP contribution is 2.34. The lowest BCUT2D eigenvalue weighted by molar-refractivity contribution is -0.121. The number of hydrogen-bond acceptors (Lipinski definition) is 4. The quantitative estimate of drug-likeness (QED) is 0.710. The Labute approximate surface area is 150 Å². The maximum Gasteiger partial charge on any atom is 0.227 e. The lowest BCUT2D eigenvalue weighted by Crippen LogP contribution is -2.27. The van der Waals surface area contributed by atoms with Crippen molar-refractivity contribution in [1.29, 1.82) is 0 Å². The van der Waals surface area contributed by atoms with Gasteiger partial charge in [0.1, 0.15) is 5.75 Å². The van der Waals surface area contributed by atoms with Gasteiger partial charge in [0.15, 0.2) is 9.84 Å². The molecular formula is C19H29NO4S. The second kappa shape index (κ2) is 8.70. The number of sulfone groups is 1. The van der Waals surface area contributed by atoms with E-state index in [4.69, 9.17) is 0 Å². The van der Waals surface area contributed by atoms with Crippen molar-refractivity contribution in [2.24, 2.45) is 11.8 Å². The zero-order valence-electron chi connectivity index (χ0n) is 15.1. The highest BCUT2D eigenvalue weighted by Gasteiger charge is 2.26. The van der Waals surface area contributed by atoms with Gasteiger partial charge in [0.2, 0.25) is 5.91 Å². The van der Waals surface area contributed by atoms with E-state index in [9.17, 15) is 18.3 Å². The highest BCUT2D eigenvalue weighted by atomic mass is 32.2. The topological polar surface area (TPSA) is 83.5 Å². The first kappa shape index (κ1) is 19.8. The number of benzene rings is 1. The Hall–Kier alpha value is -1.56. The number of hydrogen-bond donors (Lipinski definition) is 2. The van der Waals surface area contributed by atoms with Gasteiger partial charge in [-0.1, -0.05) is 33.1 Å². The first-order valence-corrected chi connectivity index (χ1v) is 10.9. The van der Waals surface area contributed by atoms with E-state index < -0.39 is 9.84 Å². The molecule has 0 heterocycles. The van der Waals surface area contributed by atoms with Gasteiger partial charge in [-0.25, -0.2) is 8.42 Å². The maximum absolute atomic E-state index is 12.5. The van der Waals surface area contributed by atoms with E-state index in [2.05, 4.69) is 12.2 Å². The summed E-state index contributed by atoms with van der Waals surface area (Å²) < 4.78 is 24.0. The summed E-state index contributed by atoms with van der Waals surface area (Å²) in [5, 5.41) is 12.7. The SMILES string of the molecule is CCCCC1CCC(C(=O)Nc2cc(S(=O)(=O)CC)ccc2O)CC1. The van der Waals surface area contributed by atoms with Gasteiger partial charge in [-0.05, 0) is 49.8 Å². The van der Waals surface area contributed by atoms with E-state index in [0.29, 0.717) is 0 Å². The zero-order chi connectivity index (χ0) is 18.4. The van der Waals surface area contributed by atoms with Crippen LogP contribution in [0.2, 0.25) is 0 Å². The molecule has 0 radical (unpaired) electrons. The molecule has 1 fully saturated rings. The normalized spacial score (nSPS) is 21.0. The number of anilines is 1. The summed E-state index contributed by atoms with van der Waals surface area (Å²) in [7, 11) is -3.38. The smallest absolute Gasteiger partial charge is 0.227 e. The Balaban J connectivity index is 2.00. The number of phenolic OH excluding ortho intramolecular Hbond substituents is 1. The summed E-state index contributed by atoms with van der Waals surface area (Å²) in [4.78, 5) is 12.6. The van der Waals surface area contributed by atoms with Crippen LogP contribution in [0, 0.1) is 11.8 Å². The predicted octanol–water partition coefficient (Wildman–Crippen LogP) is 4.12. The molecule has 1 saturated carbocycles. The van der Waals surface area contributed by atoms with Crippen LogP contribution in [-0.4, -0.2) is 25.2 Å². The van der Waals surface area contributed by atoms with Crippen molar-refractivity contribution in [3.63, 3.8) is 0 Å². The molecule has 5 nitrogen and oxygen atoms in total. The van der Waals surface area contributed by atoms with Gasteiger partial charge in [0, 0.05) is 5.92 Å². The van der Waals surface area contributed by atoms with Crippen molar-refractivity contribution in [3.8, 4) is 5.75 Å². The van der Waals surface area contributed by atoms with Crippen LogP contribution in [0.15, 0.2) is 23.1 Å². The summed E-state index contributed by atoms with van der Waals surface area (Å²) in [6, 6.07) is 4.03. The number of phenols is 1. The number of carbonyl (C=O) groups excluding carboxylic acids is 1. The van der Waals surface area contributed by atoms with Crippen molar-refractivity contribution in [1.82, 2.24) is 0 Å². The van der Waals surface area contributed by atoms with Gasteiger partial charge in [-0.3, -0.25) is 4.79 Å². The molecule has 0 spiro atoms. The van der Waals surface area contributed by atoms with E-state index in [1.54, 1.807) is 6.92 Å². The van der Waals surface area contributed by atoms with Crippen molar-refractivity contribution in [2.45, 2.75) is 63.7 Å². The summed E-state index contributed by atoms with van der Waals surface area (Å²) in [5.41, 5.74) is 0.174. The molecule has 0 atom stereocenters. The molecular weight excluding hydrogens is 338 g/mol. The number of aromatic hydroxyl groups is 1. The molecule has 1 aromatic rings. The largest absolute Gasteiger partial charge is 0.506 e. The molecule has 25 heavy (non-hydrogen) atoms. The van der Waals surface area contributed by atoms with E-state index in [-0.39, 0.29) is 33.9 Å². The first-order valence-electron chi connectivity index (χ1n) is 9.24. The predicted molar refractivity (Wildman–Crippen MR) is 99.4 cm³/mol. The Morgan fingerprint density at radius 2 is 1.88 bits per heavy atom. The molecule has 0 saturated heterocycles. The number of unbranched alkanes of at least 4 members (excludes halogenated alkanes) is 1. The molecule has 6 heteroatoms. The van der Waals surface area contributed by atoms with Gasteiger partial charge in [0.25, 0.3) is 0 Å². The summed E-state index contributed by atoms with van der Waals surface area (Å²) in [6.45, 7) is 3.76. The molecule has 1 aliphatic carbocycles. The summed E-state index contributed by atoms with van der Waals surface area (Å²) in [5.74, 6) is 0.391. The molecule has 0 aromatic heterocycles. The van der Waals surface area contributed by atoms with Crippen LogP contribution < -0.4 is 5.32 Å². The standard InChI is InChI=1S/C19H29NO4S/c1-3-5-6-14-7-9-15(10-8-14)19(22)20-17-13-16(11-12-18(17)21)25(23,24)4-2/h11-15,21H,3-10H2,1-2H3,(H,20,22). The highest BCUT2D eigenvalue weighted by molar-refractivity contribution is 7.91. The zero-order valence-corrected chi connectivity index (χ0v) is 15.9. The second-order valence-electron chi connectivity index (χ2n) is 6.93. The molecule has 2 N–H and O–H groups in total. The number of carbonyl (C=O) groups is 1. The number of nitrogens with one attached hydrogen (secondary N) is 1. The Morgan fingerprint density at radius 3 is 2.48 bits per heavy atom. The third kappa shape index (κ3) is 5.21. The molecule has 1 amide bonds. The van der Waals surface area contributed by atoms with Gasteiger partial charge in [-0.2, -0.15) is 0 Å². The van der Waals surface area contributed by atoms with Crippen LogP contribution in [0.25, 0.3) is 0 Å². The Morgan fingerprint density at radius 1 is 1.20 bits per heavy atom. The fourth-order valence-electron chi connectivity index (χ4n) is 3.42. The summed E-state index contributed by atoms with van der Waals surface area (Å²) >= 11 is 0. The van der Waals surface area contributed by atoms with Gasteiger partial charge >= 0.3 is 0 Å². The van der Waals surface area contributed by atoms with Crippen molar-refractivity contribution in [2.75, 3.05) is 11.1 Å². The van der Waals surface area contributed by atoms with Crippen LogP contribution >= 0.6 is 0 Å². The van der Waals surface area contributed by atoms with Crippen LogP contribution in [0.3, 0.4) is 0 Å². The van der Waals surface area contributed by atoms with Crippen LogP contribution in [-0.2, 0) is 14.6 Å². The van der Waals surface area contributed by atoms with E-state index in [0.717, 1.165) is 31.6 Å². The third-order valence-corrected chi connectivity index (χ3v) is 6.88. The average Bonchev–Trinajstić information content (AvgIpc) is 2.62. The number of amides is 1. The van der Waals surface area contributed by atoms with E-state index in [1.165, 1.54) is 37.5 Å². The lowest BCUT2D eigenvalue weighted by atomic mass is 9.79. The number of rotatable bonds is 7. The molecule has 0 bridgehead atoms. The molecule has 0 aliphatic heterocycles. The Bertz CT molecular complexity index is 691. The second-order valence-corrected chi connectivity index (χ2v) is 9.21. The van der Waals surface area contributed by atoms with Gasteiger partial charge in [-0.15, -0.1) is 0 Å². The minimum atomic E-state index is -3.38. The van der Waals surface area contributed by atoms with Crippen LogP contribution in [0.5, 0.6) is 5.75 Å². The van der Waals surface area contributed by atoms with E-state index >= 15 is 0 Å². The fraction of sp³-hybridized carbons (Fsp3) is 0.632. The molecule has 1 aliphatic rings. The fourth-order valence-corrected chi connectivity index (χ4v) is 4.32. The van der Waals surface area contributed by atoms with Crippen LogP contribution in [0.4, 0.5) is 5.69 Å². The van der Waals surface area contributed by atoms with Crippen molar-refractivity contribution in [3.05, 3.63) is 18.2 Å². The third-order valence-electron chi connectivity index (χ3n) is 5.15. The Kier molecular flexibility index (Phi) is 6.87. The van der Waals surface area contributed by atoms with Gasteiger partial charge in [0.05, 0.1) is 16.3 Å². The van der Waals surface area contributed by atoms with E-state index in [1.807, 2.05) is 0 Å². The monoisotopic (exact) mass is 367 g/mol. The van der Waals surface area contributed by atoms with Gasteiger partial charge < -0.3 is 10.4 Å². The van der Waals surface area contributed by atoms with Crippen LogP contribution in [0.1, 0.15) is 58.8 Å². The maximum atomic E-state index is 12.5. The molecule has 140 valence electrons. The summed E-state index contributed by atoms with van der Waals surface area (Å²) in [6.07, 6.45) is 7.53. The minimum absolute atomic E-state index is 0.0209. The lowest BCUT2D eigenvalue weighted by Gasteiger charge is -2.27. The van der Waals surface area contributed by atoms with Crippen molar-refractivity contribution < 1.29 is 18.3 Å². The first-order chi connectivity index (χ1) is 11.9. The molecule has 1 aromatic carbocycles.